The summed E-state index contributed by atoms with van der Waals surface area (Å²) >= 11 is 3.31. The lowest BCUT2D eigenvalue weighted by atomic mass is 9.99. The van der Waals surface area contributed by atoms with Crippen LogP contribution in [0.25, 0.3) is 0 Å². The maximum Gasteiger partial charge on any atom is 0.243 e. The molecule has 0 N–H and O–H groups in total. The third-order valence-corrected chi connectivity index (χ3v) is 6.01. The first-order chi connectivity index (χ1) is 10.0. The SMILES string of the molecule is C#CCOCC1CCN(S(=O)(=O)c2ccc(Br)cc2)CC1. The summed E-state index contributed by atoms with van der Waals surface area (Å²) < 4.78 is 32.8. The zero-order valence-corrected chi connectivity index (χ0v) is 14.1. The van der Waals surface area contributed by atoms with Crippen molar-refractivity contribution in [1.29, 1.82) is 0 Å². The molecule has 0 aliphatic carbocycles. The Morgan fingerprint density at radius 3 is 2.48 bits per heavy atom. The van der Waals surface area contributed by atoms with Gasteiger partial charge in [-0.25, -0.2) is 8.42 Å². The molecule has 1 aromatic carbocycles. The molecule has 0 aromatic heterocycles. The molecule has 4 nitrogen and oxygen atoms in total. The fourth-order valence-corrected chi connectivity index (χ4v) is 4.09. The maximum absolute atomic E-state index is 12.5. The van der Waals surface area contributed by atoms with Crippen LogP contribution in [0.15, 0.2) is 33.6 Å². The Kier molecular flexibility index (Phi) is 5.82. The van der Waals surface area contributed by atoms with E-state index in [9.17, 15) is 8.42 Å². The van der Waals surface area contributed by atoms with E-state index in [-0.39, 0.29) is 0 Å². The normalized spacial score (nSPS) is 17.5. The first-order valence-corrected chi connectivity index (χ1v) is 9.04. The van der Waals surface area contributed by atoms with Crippen LogP contribution >= 0.6 is 15.9 Å². The van der Waals surface area contributed by atoms with Gasteiger partial charge in [-0.15, -0.1) is 6.42 Å². The summed E-state index contributed by atoms with van der Waals surface area (Å²) in [4.78, 5) is 0.340. The highest BCUT2D eigenvalue weighted by atomic mass is 79.9. The molecular formula is C15H18BrNO3S. The van der Waals surface area contributed by atoms with E-state index >= 15 is 0 Å². The smallest absolute Gasteiger partial charge is 0.243 e. The quantitative estimate of drug-likeness (QED) is 0.590. The number of piperidine rings is 1. The summed E-state index contributed by atoms with van der Waals surface area (Å²) in [5, 5.41) is 0. The molecule has 6 heteroatoms. The highest BCUT2D eigenvalue weighted by Gasteiger charge is 2.29. The predicted molar refractivity (Wildman–Crippen MR) is 85.3 cm³/mol. The fraction of sp³-hybridized carbons (Fsp3) is 0.467. The molecule has 1 saturated heterocycles. The van der Waals surface area contributed by atoms with E-state index in [4.69, 9.17) is 11.2 Å². The van der Waals surface area contributed by atoms with E-state index in [1.807, 2.05) is 0 Å². The molecule has 0 saturated carbocycles. The van der Waals surface area contributed by atoms with Crippen LogP contribution in [-0.4, -0.2) is 39.0 Å². The molecule has 2 rings (SSSR count). The minimum absolute atomic E-state index is 0.317. The molecule has 1 aromatic rings. The molecule has 0 radical (unpaired) electrons. The lowest BCUT2D eigenvalue weighted by Gasteiger charge is -2.31. The van der Waals surface area contributed by atoms with Crippen molar-refractivity contribution in [3.63, 3.8) is 0 Å². The lowest BCUT2D eigenvalue weighted by molar-refractivity contribution is 0.101. The third kappa shape index (κ3) is 4.30. The van der Waals surface area contributed by atoms with Gasteiger partial charge in [0.1, 0.15) is 6.61 Å². The highest BCUT2D eigenvalue weighted by Crippen LogP contribution is 2.24. The van der Waals surface area contributed by atoms with Gasteiger partial charge in [0.25, 0.3) is 0 Å². The van der Waals surface area contributed by atoms with Gasteiger partial charge < -0.3 is 4.74 Å². The molecule has 1 fully saturated rings. The summed E-state index contributed by atoms with van der Waals surface area (Å²) in [5.74, 6) is 2.82. The van der Waals surface area contributed by atoms with Crippen LogP contribution < -0.4 is 0 Å². The van der Waals surface area contributed by atoms with Gasteiger partial charge in [-0.05, 0) is 43.0 Å². The molecule has 0 bridgehead atoms. The van der Waals surface area contributed by atoms with E-state index in [0.29, 0.717) is 37.1 Å². The molecule has 1 heterocycles. The average molecular weight is 372 g/mol. The zero-order valence-electron chi connectivity index (χ0n) is 11.7. The van der Waals surface area contributed by atoms with Crippen molar-refractivity contribution >= 4 is 26.0 Å². The molecule has 1 aliphatic rings. The monoisotopic (exact) mass is 371 g/mol. The van der Waals surface area contributed by atoms with Gasteiger partial charge in [0.05, 0.1) is 11.5 Å². The van der Waals surface area contributed by atoms with Crippen molar-refractivity contribution in [1.82, 2.24) is 4.31 Å². The molecule has 1 aliphatic heterocycles. The van der Waals surface area contributed by atoms with Gasteiger partial charge in [0.15, 0.2) is 0 Å². The number of terminal acetylenes is 1. The summed E-state index contributed by atoms with van der Waals surface area (Å²) in [6, 6.07) is 6.74. The number of hydrogen-bond donors (Lipinski definition) is 0. The predicted octanol–water partition coefficient (Wildman–Crippen LogP) is 2.50. The molecular weight excluding hydrogens is 354 g/mol. The van der Waals surface area contributed by atoms with Crippen molar-refractivity contribution in [2.75, 3.05) is 26.3 Å². The Balaban J connectivity index is 1.95. The molecule has 0 unspecified atom stereocenters. The third-order valence-electron chi connectivity index (χ3n) is 3.56. The van der Waals surface area contributed by atoms with Crippen molar-refractivity contribution in [2.24, 2.45) is 5.92 Å². The first kappa shape index (κ1) is 16.5. The Morgan fingerprint density at radius 2 is 1.90 bits per heavy atom. The number of hydrogen-bond acceptors (Lipinski definition) is 3. The number of rotatable bonds is 5. The van der Waals surface area contributed by atoms with E-state index in [2.05, 4.69) is 21.9 Å². The zero-order chi connectivity index (χ0) is 15.3. The van der Waals surface area contributed by atoms with Gasteiger partial charge >= 0.3 is 0 Å². The number of nitrogens with zero attached hydrogens (tertiary/aromatic N) is 1. The number of halogens is 1. The second-order valence-electron chi connectivity index (χ2n) is 5.02. The Bertz CT molecular complexity index is 599. The van der Waals surface area contributed by atoms with Crippen LogP contribution in [0.3, 0.4) is 0 Å². The molecule has 114 valence electrons. The van der Waals surface area contributed by atoms with Crippen molar-refractivity contribution in [2.45, 2.75) is 17.7 Å². The van der Waals surface area contributed by atoms with Gasteiger partial charge in [0.2, 0.25) is 10.0 Å². The summed E-state index contributed by atoms with van der Waals surface area (Å²) in [6.45, 7) is 1.98. The van der Waals surface area contributed by atoms with E-state index in [1.54, 1.807) is 28.6 Å². The molecule has 0 amide bonds. The van der Waals surface area contributed by atoms with Gasteiger partial charge in [-0.2, -0.15) is 4.31 Å². The minimum Gasteiger partial charge on any atom is -0.369 e. The van der Waals surface area contributed by atoms with Crippen LogP contribution in [0.4, 0.5) is 0 Å². The van der Waals surface area contributed by atoms with Crippen LogP contribution in [0.5, 0.6) is 0 Å². The average Bonchev–Trinajstić information content (AvgIpc) is 2.48. The number of sulfonamides is 1. The van der Waals surface area contributed by atoms with Gasteiger partial charge in [-0.1, -0.05) is 21.9 Å². The first-order valence-electron chi connectivity index (χ1n) is 6.81. The number of ether oxygens (including phenoxy) is 1. The van der Waals surface area contributed by atoms with Crippen molar-refractivity contribution in [3.05, 3.63) is 28.7 Å². The summed E-state index contributed by atoms with van der Waals surface area (Å²) in [7, 11) is -3.39. The Morgan fingerprint density at radius 1 is 1.29 bits per heavy atom. The topological polar surface area (TPSA) is 46.6 Å². The second kappa shape index (κ2) is 7.41. The van der Waals surface area contributed by atoms with Crippen LogP contribution in [-0.2, 0) is 14.8 Å². The van der Waals surface area contributed by atoms with Gasteiger partial charge in [0, 0.05) is 17.6 Å². The standard InChI is InChI=1S/C15H18BrNO3S/c1-2-11-20-12-13-7-9-17(10-8-13)21(18,19)15-5-3-14(16)4-6-15/h1,3-6,13H,7-12H2. The van der Waals surface area contributed by atoms with E-state index < -0.39 is 10.0 Å². The van der Waals surface area contributed by atoms with Crippen LogP contribution in [0.2, 0.25) is 0 Å². The van der Waals surface area contributed by atoms with Crippen molar-refractivity contribution in [3.8, 4) is 12.3 Å². The Hall–Kier alpha value is -0.870. The fourth-order valence-electron chi connectivity index (χ4n) is 2.36. The lowest BCUT2D eigenvalue weighted by Crippen LogP contribution is -2.39. The second-order valence-corrected chi connectivity index (χ2v) is 7.87. The summed E-state index contributed by atoms with van der Waals surface area (Å²) in [6.07, 6.45) is 6.74. The number of benzene rings is 1. The highest BCUT2D eigenvalue weighted by molar-refractivity contribution is 9.10. The van der Waals surface area contributed by atoms with Crippen LogP contribution in [0, 0.1) is 18.3 Å². The Labute approximate surface area is 134 Å². The van der Waals surface area contributed by atoms with E-state index in [0.717, 1.165) is 17.3 Å². The van der Waals surface area contributed by atoms with Crippen molar-refractivity contribution < 1.29 is 13.2 Å². The van der Waals surface area contributed by atoms with E-state index in [1.165, 1.54) is 0 Å². The molecule has 0 spiro atoms. The summed E-state index contributed by atoms with van der Waals surface area (Å²) in [5.41, 5.74) is 0. The molecule has 0 atom stereocenters. The minimum atomic E-state index is -3.39. The molecule has 21 heavy (non-hydrogen) atoms. The van der Waals surface area contributed by atoms with Gasteiger partial charge in [-0.3, -0.25) is 0 Å². The largest absolute Gasteiger partial charge is 0.369 e. The van der Waals surface area contributed by atoms with Crippen LogP contribution in [0.1, 0.15) is 12.8 Å². The maximum atomic E-state index is 12.5.